The average molecular weight is 342 g/mol. The summed E-state index contributed by atoms with van der Waals surface area (Å²) in [6.45, 7) is 2.13. The molecule has 1 atom stereocenters. The summed E-state index contributed by atoms with van der Waals surface area (Å²) in [7, 11) is 4.85. The predicted molar refractivity (Wildman–Crippen MR) is 99.1 cm³/mol. The van der Waals surface area contributed by atoms with Gasteiger partial charge < -0.3 is 14.2 Å². The second-order valence-corrected chi connectivity index (χ2v) is 5.90. The highest BCUT2D eigenvalue weighted by atomic mass is 16.5. The fourth-order valence-corrected chi connectivity index (χ4v) is 2.90. The van der Waals surface area contributed by atoms with Crippen molar-refractivity contribution in [3.05, 3.63) is 53.6 Å². The van der Waals surface area contributed by atoms with Gasteiger partial charge in [0.25, 0.3) is 0 Å². The van der Waals surface area contributed by atoms with E-state index in [-0.39, 0.29) is 11.7 Å². The molecule has 0 N–H and O–H groups in total. The summed E-state index contributed by atoms with van der Waals surface area (Å²) in [5.41, 5.74) is 1.58. The van der Waals surface area contributed by atoms with E-state index in [9.17, 15) is 4.79 Å². The maximum Gasteiger partial charge on any atom is 0.170 e. The number of hydrogen-bond donors (Lipinski definition) is 0. The van der Waals surface area contributed by atoms with Crippen LogP contribution in [0, 0.1) is 0 Å². The monoisotopic (exact) mass is 342 g/mol. The Morgan fingerprint density at radius 3 is 2.12 bits per heavy atom. The number of hydrogen-bond acceptors (Lipinski definition) is 4. The molecular formula is C21H26O4. The summed E-state index contributed by atoms with van der Waals surface area (Å²) < 4.78 is 16.0. The molecule has 4 heteroatoms. The molecule has 4 nitrogen and oxygen atoms in total. The number of carbonyl (C=O) groups excluding carboxylic acids is 1. The Labute approximate surface area is 149 Å². The highest BCUT2D eigenvalue weighted by Crippen LogP contribution is 2.35. The molecule has 0 radical (unpaired) electrons. The molecule has 0 aliphatic heterocycles. The molecule has 2 aromatic carbocycles. The first-order chi connectivity index (χ1) is 12.1. The molecule has 0 spiro atoms. The zero-order valence-corrected chi connectivity index (χ0v) is 15.4. The summed E-state index contributed by atoms with van der Waals surface area (Å²) in [6.07, 6.45) is 2.79. The van der Waals surface area contributed by atoms with Crippen LogP contribution >= 0.6 is 0 Å². The third-order valence-corrected chi connectivity index (χ3v) is 4.35. The Morgan fingerprint density at radius 1 is 0.920 bits per heavy atom. The molecule has 0 aliphatic carbocycles. The zero-order valence-electron chi connectivity index (χ0n) is 15.4. The van der Waals surface area contributed by atoms with Gasteiger partial charge in [0.05, 0.1) is 27.2 Å². The lowest BCUT2D eigenvalue weighted by molar-refractivity contribution is 0.0952. The van der Waals surface area contributed by atoms with E-state index < -0.39 is 0 Å². The van der Waals surface area contributed by atoms with E-state index in [0.29, 0.717) is 17.1 Å². The van der Waals surface area contributed by atoms with E-state index in [1.807, 2.05) is 42.5 Å². The van der Waals surface area contributed by atoms with Crippen LogP contribution in [-0.4, -0.2) is 27.1 Å². The Hall–Kier alpha value is -2.49. The zero-order chi connectivity index (χ0) is 18.2. The van der Waals surface area contributed by atoms with Gasteiger partial charge >= 0.3 is 0 Å². The van der Waals surface area contributed by atoms with Crippen molar-refractivity contribution in [2.75, 3.05) is 21.3 Å². The largest absolute Gasteiger partial charge is 0.497 e. The van der Waals surface area contributed by atoms with Crippen molar-refractivity contribution in [3.63, 3.8) is 0 Å². The normalized spacial score (nSPS) is 11.7. The number of unbranched alkanes of at least 4 members (excludes halogenated alkanes) is 1. The molecule has 1 unspecified atom stereocenters. The number of carbonyl (C=O) groups is 1. The van der Waals surface area contributed by atoms with Crippen molar-refractivity contribution in [2.24, 2.45) is 0 Å². The topological polar surface area (TPSA) is 44.8 Å². The maximum atomic E-state index is 13.1. The predicted octanol–water partition coefficient (Wildman–Crippen LogP) is 4.87. The van der Waals surface area contributed by atoms with Crippen LogP contribution in [0.1, 0.15) is 48.0 Å². The summed E-state index contributed by atoms with van der Waals surface area (Å²) in [5, 5.41) is 0. The van der Waals surface area contributed by atoms with Gasteiger partial charge in [-0.3, -0.25) is 4.79 Å². The summed E-state index contributed by atoms with van der Waals surface area (Å²) >= 11 is 0. The van der Waals surface area contributed by atoms with Crippen molar-refractivity contribution in [3.8, 4) is 17.2 Å². The molecule has 2 rings (SSSR count). The molecular weight excluding hydrogens is 316 g/mol. The Kier molecular flexibility index (Phi) is 6.87. The lowest BCUT2D eigenvalue weighted by Gasteiger charge is -2.20. The lowest BCUT2D eigenvalue weighted by atomic mass is 9.86. The quantitative estimate of drug-likeness (QED) is 0.610. The lowest BCUT2D eigenvalue weighted by Crippen LogP contribution is -2.14. The number of methoxy groups -OCH3 is 3. The second-order valence-electron chi connectivity index (χ2n) is 5.90. The van der Waals surface area contributed by atoms with Crippen LogP contribution in [0.4, 0.5) is 0 Å². The minimum Gasteiger partial charge on any atom is -0.497 e. The number of ether oxygens (including phenoxy) is 3. The third kappa shape index (κ3) is 4.53. The Bertz CT molecular complexity index is 692. The van der Waals surface area contributed by atoms with Crippen LogP contribution in [0.5, 0.6) is 17.2 Å². The van der Waals surface area contributed by atoms with E-state index in [1.54, 1.807) is 21.3 Å². The number of benzene rings is 2. The van der Waals surface area contributed by atoms with E-state index in [4.69, 9.17) is 14.2 Å². The molecule has 134 valence electrons. The smallest absolute Gasteiger partial charge is 0.170 e. The molecule has 0 aromatic heterocycles. The van der Waals surface area contributed by atoms with Gasteiger partial charge in [-0.15, -0.1) is 0 Å². The molecule has 0 saturated carbocycles. The van der Waals surface area contributed by atoms with Crippen molar-refractivity contribution >= 4 is 5.78 Å². The van der Waals surface area contributed by atoms with Crippen LogP contribution in [0.25, 0.3) is 0 Å². The van der Waals surface area contributed by atoms with Gasteiger partial charge in [-0.25, -0.2) is 0 Å². The van der Waals surface area contributed by atoms with Gasteiger partial charge in [-0.2, -0.15) is 0 Å². The van der Waals surface area contributed by atoms with Crippen LogP contribution in [0.2, 0.25) is 0 Å². The third-order valence-electron chi connectivity index (χ3n) is 4.35. The Balaban J connectivity index is 2.39. The number of Topliss-reactive ketones (excluding diaryl/α,β-unsaturated/α-hetero) is 1. The fourth-order valence-electron chi connectivity index (χ4n) is 2.90. The first-order valence-corrected chi connectivity index (χ1v) is 8.54. The van der Waals surface area contributed by atoms with Crippen molar-refractivity contribution in [1.29, 1.82) is 0 Å². The minimum absolute atomic E-state index is 0.0968. The van der Waals surface area contributed by atoms with Crippen molar-refractivity contribution in [1.82, 2.24) is 0 Å². The van der Waals surface area contributed by atoms with Crippen LogP contribution < -0.4 is 14.2 Å². The average Bonchev–Trinajstić information content (AvgIpc) is 2.68. The summed E-state index contributed by atoms with van der Waals surface area (Å²) in [5.74, 6) is 1.99. The van der Waals surface area contributed by atoms with Gasteiger partial charge in [-0.1, -0.05) is 25.8 Å². The molecule has 0 amide bonds. The second kappa shape index (κ2) is 9.11. The van der Waals surface area contributed by atoms with Crippen molar-refractivity contribution < 1.29 is 19.0 Å². The molecule has 2 aromatic rings. The molecule has 0 fully saturated rings. The SMILES string of the molecule is CCCCC(C(=O)c1ccc(OC)cc1)c1ccc(OC)cc1OC. The fraction of sp³-hybridized carbons (Fsp3) is 0.381. The maximum absolute atomic E-state index is 13.1. The van der Waals surface area contributed by atoms with Crippen LogP contribution in [0.3, 0.4) is 0 Å². The summed E-state index contributed by atoms with van der Waals surface area (Å²) in [4.78, 5) is 13.1. The number of ketones is 1. The molecule has 0 bridgehead atoms. The highest BCUT2D eigenvalue weighted by Gasteiger charge is 2.25. The van der Waals surface area contributed by atoms with E-state index in [1.165, 1.54) is 0 Å². The van der Waals surface area contributed by atoms with Gasteiger partial charge in [-0.05, 0) is 36.8 Å². The first kappa shape index (κ1) is 18.8. The minimum atomic E-state index is -0.241. The highest BCUT2D eigenvalue weighted by molar-refractivity contribution is 6.01. The molecule has 25 heavy (non-hydrogen) atoms. The molecule has 0 saturated heterocycles. The molecule has 0 aliphatic rings. The van der Waals surface area contributed by atoms with Gasteiger partial charge in [0, 0.05) is 17.2 Å². The van der Waals surface area contributed by atoms with Crippen LogP contribution in [-0.2, 0) is 0 Å². The first-order valence-electron chi connectivity index (χ1n) is 8.54. The van der Waals surface area contributed by atoms with Crippen molar-refractivity contribution in [2.45, 2.75) is 32.1 Å². The van der Waals surface area contributed by atoms with Gasteiger partial charge in [0.1, 0.15) is 17.2 Å². The van der Waals surface area contributed by atoms with E-state index >= 15 is 0 Å². The standard InChI is InChI=1S/C21H26O4/c1-5-6-7-19(18-13-12-17(24-3)14-20(18)25-4)21(22)15-8-10-16(23-2)11-9-15/h8-14,19H,5-7H2,1-4H3. The Morgan fingerprint density at radius 2 is 1.56 bits per heavy atom. The van der Waals surface area contributed by atoms with Gasteiger partial charge in [0.15, 0.2) is 5.78 Å². The van der Waals surface area contributed by atoms with Crippen LogP contribution in [0.15, 0.2) is 42.5 Å². The van der Waals surface area contributed by atoms with Gasteiger partial charge in [0.2, 0.25) is 0 Å². The molecule has 0 heterocycles. The summed E-state index contributed by atoms with van der Waals surface area (Å²) in [6, 6.07) is 12.9. The number of rotatable bonds is 9. The van der Waals surface area contributed by atoms with E-state index in [0.717, 1.165) is 30.6 Å². The van der Waals surface area contributed by atoms with E-state index in [2.05, 4.69) is 6.92 Å².